The molecule has 0 aliphatic rings. The van der Waals surface area contributed by atoms with Crippen LogP contribution in [-0.2, 0) is 13.0 Å². The number of nitrogens with two attached hydrogens (primary N) is 1. The van der Waals surface area contributed by atoms with Crippen LogP contribution in [0.5, 0.6) is 0 Å². The Morgan fingerprint density at radius 1 is 1.41 bits per heavy atom. The van der Waals surface area contributed by atoms with Gasteiger partial charge in [0.1, 0.15) is 0 Å². The zero-order valence-electron chi connectivity index (χ0n) is 9.93. The van der Waals surface area contributed by atoms with Crippen molar-refractivity contribution in [3.05, 3.63) is 33.5 Å². The number of aromatic nitrogens is 1. The molecule has 92 valence electrons. The predicted molar refractivity (Wildman–Crippen MR) is 75.5 cm³/mol. The normalized spacial score (nSPS) is 11.2. The maximum absolute atomic E-state index is 5.62. The zero-order valence-corrected chi connectivity index (χ0v) is 11.6. The van der Waals surface area contributed by atoms with Gasteiger partial charge in [0.2, 0.25) is 0 Å². The van der Waals surface area contributed by atoms with Crippen LogP contribution in [0.2, 0.25) is 0 Å². The number of anilines is 1. The summed E-state index contributed by atoms with van der Waals surface area (Å²) in [7, 11) is 0. The van der Waals surface area contributed by atoms with Crippen molar-refractivity contribution in [2.24, 2.45) is 0 Å². The Balaban J connectivity index is 1.83. The first kappa shape index (κ1) is 12.5. The first-order valence-corrected chi connectivity index (χ1v) is 7.48. The number of hydrogen-bond donors (Lipinski definition) is 1. The summed E-state index contributed by atoms with van der Waals surface area (Å²) in [4.78, 5) is 8.14. The second-order valence-corrected chi connectivity index (χ2v) is 5.80. The monoisotopic (exact) mass is 267 g/mol. The first-order chi connectivity index (χ1) is 8.28. The van der Waals surface area contributed by atoms with Gasteiger partial charge in [0, 0.05) is 29.8 Å². The summed E-state index contributed by atoms with van der Waals surface area (Å²) in [6.45, 7) is 5.34. The van der Waals surface area contributed by atoms with E-state index >= 15 is 0 Å². The number of nitrogen functional groups attached to an aromatic ring is 1. The van der Waals surface area contributed by atoms with Crippen molar-refractivity contribution >= 4 is 27.8 Å². The van der Waals surface area contributed by atoms with Crippen LogP contribution in [0.25, 0.3) is 0 Å². The first-order valence-electron chi connectivity index (χ1n) is 5.72. The van der Waals surface area contributed by atoms with Crippen molar-refractivity contribution in [3.8, 4) is 0 Å². The van der Waals surface area contributed by atoms with Crippen LogP contribution in [0, 0.1) is 0 Å². The molecule has 2 N–H and O–H groups in total. The minimum Gasteiger partial charge on any atom is -0.375 e. The molecule has 0 amide bonds. The van der Waals surface area contributed by atoms with Crippen LogP contribution < -0.4 is 5.73 Å². The average Bonchev–Trinajstić information content (AvgIpc) is 2.96. The average molecular weight is 267 g/mol. The summed E-state index contributed by atoms with van der Waals surface area (Å²) in [6, 6.07) is 4.29. The van der Waals surface area contributed by atoms with Crippen LogP contribution in [0.1, 0.15) is 17.5 Å². The molecule has 3 nitrogen and oxygen atoms in total. The van der Waals surface area contributed by atoms with E-state index < -0.39 is 0 Å². The number of hydrogen-bond acceptors (Lipinski definition) is 5. The second-order valence-electron chi connectivity index (χ2n) is 3.88. The topological polar surface area (TPSA) is 42.1 Å². The fourth-order valence-corrected chi connectivity index (χ4v) is 3.03. The maximum Gasteiger partial charge on any atom is 0.180 e. The van der Waals surface area contributed by atoms with E-state index in [0.717, 1.165) is 31.7 Å². The van der Waals surface area contributed by atoms with E-state index in [9.17, 15) is 0 Å². The number of rotatable bonds is 6. The van der Waals surface area contributed by atoms with Gasteiger partial charge in [-0.05, 0) is 18.0 Å². The molecule has 0 saturated carbocycles. The van der Waals surface area contributed by atoms with Crippen LogP contribution in [0.15, 0.2) is 22.9 Å². The van der Waals surface area contributed by atoms with Crippen molar-refractivity contribution in [1.82, 2.24) is 9.88 Å². The largest absolute Gasteiger partial charge is 0.375 e. The standard InChI is InChI=1S/C12H17N3S2/c1-2-15(8-11-4-3-7-16-11)6-5-10-9-17-12(13)14-10/h3-4,7,9H,2,5-6,8H2,1H3,(H2,13,14). The van der Waals surface area contributed by atoms with Crippen molar-refractivity contribution in [2.75, 3.05) is 18.8 Å². The third-order valence-electron chi connectivity index (χ3n) is 2.66. The Hall–Kier alpha value is -0.910. The molecule has 0 aromatic carbocycles. The number of nitrogens with zero attached hydrogens (tertiary/aromatic N) is 2. The summed E-state index contributed by atoms with van der Waals surface area (Å²) in [5.74, 6) is 0. The zero-order chi connectivity index (χ0) is 12.1. The molecule has 5 heteroatoms. The van der Waals surface area contributed by atoms with Crippen molar-refractivity contribution < 1.29 is 0 Å². The molecular weight excluding hydrogens is 250 g/mol. The van der Waals surface area contributed by atoms with Gasteiger partial charge in [0.05, 0.1) is 5.69 Å². The number of thiophene rings is 1. The summed E-state index contributed by atoms with van der Waals surface area (Å²) in [5, 5.41) is 4.85. The molecule has 0 saturated heterocycles. The Kier molecular flexibility index (Phi) is 4.53. The summed E-state index contributed by atoms with van der Waals surface area (Å²) in [6.07, 6.45) is 0.979. The van der Waals surface area contributed by atoms with E-state index in [4.69, 9.17) is 5.73 Å². The van der Waals surface area contributed by atoms with E-state index in [1.807, 2.05) is 16.7 Å². The Morgan fingerprint density at radius 2 is 2.29 bits per heavy atom. The highest BCUT2D eigenvalue weighted by Gasteiger charge is 2.06. The maximum atomic E-state index is 5.62. The fraction of sp³-hybridized carbons (Fsp3) is 0.417. The molecule has 2 heterocycles. The Labute approximate surface area is 110 Å². The van der Waals surface area contributed by atoms with Crippen LogP contribution >= 0.6 is 22.7 Å². The SMILES string of the molecule is CCN(CCc1csc(N)n1)Cc1cccs1. The third kappa shape index (κ3) is 3.80. The van der Waals surface area contributed by atoms with E-state index in [2.05, 4.69) is 34.3 Å². The Bertz CT molecular complexity index is 436. The van der Waals surface area contributed by atoms with Crippen LogP contribution in [-0.4, -0.2) is 23.0 Å². The lowest BCUT2D eigenvalue weighted by molar-refractivity contribution is 0.285. The Morgan fingerprint density at radius 3 is 2.88 bits per heavy atom. The van der Waals surface area contributed by atoms with Crippen molar-refractivity contribution in [1.29, 1.82) is 0 Å². The highest BCUT2D eigenvalue weighted by atomic mass is 32.1. The van der Waals surface area contributed by atoms with Gasteiger partial charge in [-0.15, -0.1) is 22.7 Å². The summed E-state index contributed by atoms with van der Waals surface area (Å²) >= 11 is 3.34. The molecule has 0 unspecified atom stereocenters. The molecule has 0 spiro atoms. The van der Waals surface area contributed by atoms with Gasteiger partial charge in [-0.3, -0.25) is 4.90 Å². The lowest BCUT2D eigenvalue weighted by Crippen LogP contribution is -2.25. The molecule has 0 aliphatic carbocycles. The quantitative estimate of drug-likeness (QED) is 0.875. The van der Waals surface area contributed by atoms with Crippen LogP contribution in [0.3, 0.4) is 0 Å². The summed E-state index contributed by atoms with van der Waals surface area (Å²) < 4.78 is 0. The molecule has 0 fully saturated rings. The van der Waals surface area contributed by atoms with Crippen molar-refractivity contribution in [2.45, 2.75) is 19.9 Å². The molecule has 17 heavy (non-hydrogen) atoms. The molecule has 0 bridgehead atoms. The van der Waals surface area contributed by atoms with Gasteiger partial charge in [-0.25, -0.2) is 4.98 Å². The number of likely N-dealkylation sites (N-methyl/N-ethyl adjacent to an activating group) is 1. The predicted octanol–water partition coefficient (Wildman–Crippen LogP) is 2.85. The van der Waals surface area contributed by atoms with E-state index in [1.165, 1.54) is 16.2 Å². The van der Waals surface area contributed by atoms with Gasteiger partial charge in [-0.1, -0.05) is 13.0 Å². The highest BCUT2D eigenvalue weighted by molar-refractivity contribution is 7.13. The van der Waals surface area contributed by atoms with E-state index in [1.54, 1.807) is 0 Å². The van der Waals surface area contributed by atoms with Gasteiger partial charge < -0.3 is 5.73 Å². The molecule has 0 aliphatic heterocycles. The molecule has 0 atom stereocenters. The minimum atomic E-state index is 0.668. The van der Waals surface area contributed by atoms with Crippen molar-refractivity contribution in [3.63, 3.8) is 0 Å². The minimum absolute atomic E-state index is 0.668. The highest BCUT2D eigenvalue weighted by Crippen LogP contribution is 2.14. The smallest absolute Gasteiger partial charge is 0.180 e. The molecule has 2 rings (SSSR count). The van der Waals surface area contributed by atoms with Gasteiger partial charge >= 0.3 is 0 Å². The fourth-order valence-electron chi connectivity index (χ4n) is 1.68. The molecule has 2 aromatic rings. The summed E-state index contributed by atoms with van der Waals surface area (Å²) in [5.41, 5.74) is 6.73. The van der Waals surface area contributed by atoms with Crippen LogP contribution in [0.4, 0.5) is 5.13 Å². The third-order valence-corrected chi connectivity index (χ3v) is 4.24. The van der Waals surface area contributed by atoms with Gasteiger partial charge in [0.25, 0.3) is 0 Å². The molecular formula is C12H17N3S2. The lowest BCUT2D eigenvalue weighted by atomic mass is 10.3. The molecule has 2 aromatic heterocycles. The number of thiazole rings is 1. The van der Waals surface area contributed by atoms with E-state index in [0.29, 0.717) is 5.13 Å². The van der Waals surface area contributed by atoms with E-state index in [-0.39, 0.29) is 0 Å². The molecule has 0 radical (unpaired) electrons. The van der Waals surface area contributed by atoms with Gasteiger partial charge in [-0.2, -0.15) is 0 Å². The second kappa shape index (κ2) is 6.14. The lowest BCUT2D eigenvalue weighted by Gasteiger charge is -2.18. The van der Waals surface area contributed by atoms with Gasteiger partial charge in [0.15, 0.2) is 5.13 Å².